The standard InChI is InChI=1S/C17H19ClFNO/c1-12(9-13-3-6-16(19)7-4-13)20-11-14-10-15(18)5-8-17(14)21-2/h3-8,10,12,20H,9,11H2,1-2H3. The molecule has 2 rings (SSSR count). The fraction of sp³-hybridized carbons (Fsp3) is 0.294. The lowest BCUT2D eigenvalue weighted by Crippen LogP contribution is -2.27. The van der Waals surface area contributed by atoms with Crippen LogP contribution in [0.1, 0.15) is 18.1 Å². The first-order chi connectivity index (χ1) is 10.1. The minimum atomic E-state index is -0.206. The molecule has 0 aliphatic rings. The third-order valence-electron chi connectivity index (χ3n) is 3.34. The van der Waals surface area contributed by atoms with Crippen LogP contribution in [0.4, 0.5) is 4.39 Å². The molecule has 2 aromatic carbocycles. The predicted octanol–water partition coefficient (Wildman–Crippen LogP) is 4.21. The predicted molar refractivity (Wildman–Crippen MR) is 84.4 cm³/mol. The van der Waals surface area contributed by atoms with Crippen LogP contribution in [-0.2, 0) is 13.0 Å². The van der Waals surface area contributed by atoms with Gasteiger partial charge in [0, 0.05) is 23.2 Å². The van der Waals surface area contributed by atoms with Crippen molar-refractivity contribution in [3.8, 4) is 5.75 Å². The van der Waals surface area contributed by atoms with E-state index in [1.54, 1.807) is 7.11 Å². The second kappa shape index (κ2) is 7.43. The van der Waals surface area contributed by atoms with Crippen molar-refractivity contribution in [3.05, 3.63) is 64.4 Å². The zero-order valence-electron chi connectivity index (χ0n) is 12.2. The lowest BCUT2D eigenvalue weighted by Gasteiger charge is -2.16. The Morgan fingerprint density at radius 2 is 1.90 bits per heavy atom. The van der Waals surface area contributed by atoms with Crippen molar-refractivity contribution in [2.45, 2.75) is 25.9 Å². The summed E-state index contributed by atoms with van der Waals surface area (Å²) in [6, 6.07) is 12.4. The van der Waals surface area contributed by atoms with Gasteiger partial charge in [0.1, 0.15) is 11.6 Å². The molecule has 0 radical (unpaired) electrons. The van der Waals surface area contributed by atoms with Crippen LogP contribution in [0.15, 0.2) is 42.5 Å². The quantitative estimate of drug-likeness (QED) is 0.863. The van der Waals surface area contributed by atoms with Crippen molar-refractivity contribution in [2.24, 2.45) is 0 Å². The van der Waals surface area contributed by atoms with Gasteiger partial charge < -0.3 is 10.1 Å². The molecule has 0 spiro atoms. The van der Waals surface area contributed by atoms with Gasteiger partial charge in [-0.15, -0.1) is 0 Å². The molecule has 2 nitrogen and oxygen atoms in total. The van der Waals surface area contributed by atoms with E-state index in [0.717, 1.165) is 23.3 Å². The molecule has 21 heavy (non-hydrogen) atoms. The number of benzene rings is 2. The number of hydrogen-bond donors (Lipinski definition) is 1. The Bertz CT molecular complexity index is 586. The summed E-state index contributed by atoms with van der Waals surface area (Å²) in [4.78, 5) is 0. The third-order valence-corrected chi connectivity index (χ3v) is 3.57. The first-order valence-electron chi connectivity index (χ1n) is 6.88. The SMILES string of the molecule is COc1ccc(Cl)cc1CNC(C)Cc1ccc(F)cc1. The van der Waals surface area contributed by atoms with Gasteiger partial charge in [-0.25, -0.2) is 4.39 Å². The fourth-order valence-electron chi connectivity index (χ4n) is 2.22. The minimum Gasteiger partial charge on any atom is -0.496 e. The molecule has 2 aromatic rings. The number of nitrogens with one attached hydrogen (secondary N) is 1. The van der Waals surface area contributed by atoms with Crippen LogP contribution in [0.25, 0.3) is 0 Å². The molecule has 0 bridgehead atoms. The van der Waals surface area contributed by atoms with E-state index < -0.39 is 0 Å². The van der Waals surface area contributed by atoms with Gasteiger partial charge in [0.25, 0.3) is 0 Å². The van der Waals surface area contributed by atoms with Crippen molar-refractivity contribution in [1.82, 2.24) is 5.32 Å². The van der Waals surface area contributed by atoms with Crippen LogP contribution >= 0.6 is 11.6 Å². The molecule has 0 aliphatic carbocycles. The molecule has 0 amide bonds. The Morgan fingerprint density at radius 3 is 2.57 bits per heavy atom. The van der Waals surface area contributed by atoms with E-state index in [2.05, 4.69) is 12.2 Å². The highest BCUT2D eigenvalue weighted by Gasteiger charge is 2.07. The van der Waals surface area contributed by atoms with Crippen LogP contribution < -0.4 is 10.1 Å². The molecule has 1 atom stereocenters. The normalized spacial score (nSPS) is 12.2. The number of methoxy groups -OCH3 is 1. The van der Waals surface area contributed by atoms with Gasteiger partial charge in [-0.05, 0) is 49.2 Å². The van der Waals surface area contributed by atoms with E-state index in [1.165, 1.54) is 12.1 Å². The summed E-state index contributed by atoms with van der Waals surface area (Å²) in [6.45, 7) is 2.77. The maximum Gasteiger partial charge on any atom is 0.123 e. The summed E-state index contributed by atoms with van der Waals surface area (Å²) < 4.78 is 18.2. The van der Waals surface area contributed by atoms with Gasteiger partial charge in [0.2, 0.25) is 0 Å². The summed E-state index contributed by atoms with van der Waals surface area (Å²) in [7, 11) is 1.65. The Balaban J connectivity index is 1.93. The Kier molecular flexibility index (Phi) is 5.59. The number of rotatable bonds is 6. The minimum absolute atomic E-state index is 0.206. The van der Waals surface area contributed by atoms with Crippen molar-refractivity contribution >= 4 is 11.6 Å². The molecule has 0 saturated heterocycles. The zero-order chi connectivity index (χ0) is 15.2. The third kappa shape index (κ3) is 4.73. The molecule has 0 saturated carbocycles. The molecular weight excluding hydrogens is 289 g/mol. The lowest BCUT2D eigenvalue weighted by atomic mass is 10.1. The van der Waals surface area contributed by atoms with Crippen molar-refractivity contribution in [2.75, 3.05) is 7.11 Å². The van der Waals surface area contributed by atoms with Crippen LogP contribution in [-0.4, -0.2) is 13.2 Å². The number of ether oxygens (including phenoxy) is 1. The molecule has 0 fully saturated rings. The molecule has 112 valence electrons. The second-order valence-corrected chi connectivity index (χ2v) is 5.51. The Morgan fingerprint density at radius 1 is 1.19 bits per heavy atom. The summed E-state index contributed by atoms with van der Waals surface area (Å²) in [5.41, 5.74) is 2.13. The van der Waals surface area contributed by atoms with Crippen LogP contribution in [0.5, 0.6) is 5.75 Å². The number of hydrogen-bond acceptors (Lipinski definition) is 2. The first-order valence-corrected chi connectivity index (χ1v) is 7.26. The van der Waals surface area contributed by atoms with Crippen molar-refractivity contribution in [3.63, 3.8) is 0 Å². The van der Waals surface area contributed by atoms with Crippen LogP contribution in [0.3, 0.4) is 0 Å². The average molecular weight is 308 g/mol. The van der Waals surface area contributed by atoms with Gasteiger partial charge in [-0.2, -0.15) is 0 Å². The lowest BCUT2D eigenvalue weighted by molar-refractivity contribution is 0.405. The largest absolute Gasteiger partial charge is 0.496 e. The van der Waals surface area contributed by atoms with Gasteiger partial charge in [0.15, 0.2) is 0 Å². The second-order valence-electron chi connectivity index (χ2n) is 5.07. The molecule has 0 aromatic heterocycles. The summed E-state index contributed by atoms with van der Waals surface area (Å²) in [5.74, 6) is 0.615. The highest BCUT2D eigenvalue weighted by Crippen LogP contribution is 2.22. The summed E-state index contributed by atoms with van der Waals surface area (Å²) >= 11 is 6.01. The highest BCUT2D eigenvalue weighted by atomic mass is 35.5. The van der Waals surface area contributed by atoms with E-state index in [-0.39, 0.29) is 11.9 Å². The Labute approximate surface area is 129 Å². The molecule has 0 heterocycles. The smallest absolute Gasteiger partial charge is 0.123 e. The fourth-order valence-corrected chi connectivity index (χ4v) is 2.41. The van der Waals surface area contributed by atoms with Gasteiger partial charge >= 0.3 is 0 Å². The van der Waals surface area contributed by atoms with E-state index in [1.807, 2.05) is 30.3 Å². The Hall–Kier alpha value is -1.58. The molecule has 4 heteroatoms. The molecule has 1 unspecified atom stereocenters. The molecule has 1 N–H and O–H groups in total. The van der Waals surface area contributed by atoms with Crippen LogP contribution in [0, 0.1) is 5.82 Å². The van der Waals surface area contributed by atoms with Gasteiger partial charge in [-0.1, -0.05) is 23.7 Å². The first kappa shape index (κ1) is 15.8. The molecule has 0 aliphatic heterocycles. The average Bonchev–Trinajstić information content (AvgIpc) is 2.48. The van der Waals surface area contributed by atoms with E-state index in [9.17, 15) is 4.39 Å². The zero-order valence-corrected chi connectivity index (χ0v) is 13.0. The van der Waals surface area contributed by atoms with Crippen LogP contribution in [0.2, 0.25) is 5.02 Å². The highest BCUT2D eigenvalue weighted by molar-refractivity contribution is 6.30. The van der Waals surface area contributed by atoms with Gasteiger partial charge in [0.05, 0.1) is 7.11 Å². The number of halogens is 2. The van der Waals surface area contributed by atoms with E-state index >= 15 is 0 Å². The summed E-state index contributed by atoms with van der Waals surface area (Å²) in [6.07, 6.45) is 0.836. The molecular formula is C17H19ClFNO. The maximum atomic E-state index is 12.9. The topological polar surface area (TPSA) is 21.3 Å². The monoisotopic (exact) mass is 307 g/mol. The van der Waals surface area contributed by atoms with E-state index in [4.69, 9.17) is 16.3 Å². The summed E-state index contributed by atoms with van der Waals surface area (Å²) in [5, 5.41) is 4.12. The maximum absolute atomic E-state index is 12.9. The van der Waals surface area contributed by atoms with E-state index in [0.29, 0.717) is 11.6 Å². The van der Waals surface area contributed by atoms with Crippen molar-refractivity contribution in [1.29, 1.82) is 0 Å². The van der Waals surface area contributed by atoms with Gasteiger partial charge in [-0.3, -0.25) is 0 Å². The van der Waals surface area contributed by atoms with Crippen molar-refractivity contribution < 1.29 is 9.13 Å².